The number of carbonyl (C=O) groups is 2. The van der Waals surface area contributed by atoms with Gasteiger partial charge in [0.05, 0.1) is 5.75 Å². The number of nitrogens with one attached hydrogen (secondary N) is 1. The predicted molar refractivity (Wildman–Crippen MR) is 136 cm³/mol. The van der Waals surface area contributed by atoms with E-state index in [2.05, 4.69) is 12.2 Å². The average Bonchev–Trinajstić information content (AvgIpc) is 3.20. The summed E-state index contributed by atoms with van der Waals surface area (Å²) in [4.78, 5) is 26.6. The van der Waals surface area contributed by atoms with Gasteiger partial charge in [-0.05, 0) is 48.4 Å². The highest BCUT2D eigenvalue weighted by atomic mass is 32.2. The Kier molecular flexibility index (Phi) is 10.3. The number of anilines is 2. The summed E-state index contributed by atoms with van der Waals surface area (Å²) in [5.74, 6) is 0.0698. The Morgan fingerprint density at radius 1 is 1.00 bits per heavy atom. The first-order valence-electron chi connectivity index (χ1n) is 12.2. The number of hydrogen-bond acceptors (Lipinski definition) is 3. The molecule has 1 heterocycles. The fourth-order valence-electron chi connectivity index (χ4n) is 4.14. The first-order chi connectivity index (χ1) is 16.1. The zero-order chi connectivity index (χ0) is 23.5. The van der Waals surface area contributed by atoms with Gasteiger partial charge in [0, 0.05) is 17.8 Å². The molecule has 0 aliphatic carbocycles. The Bertz CT molecular complexity index is 903. The maximum atomic E-state index is 13.3. The Morgan fingerprint density at radius 3 is 2.36 bits per heavy atom. The molecule has 0 radical (unpaired) electrons. The van der Waals surface area contributed by atoms with Crippen LogP contribution in [0.3, 0.4) is 0 Å². The van der Waals surface area contributed by atoms with Gasteiger partial charge in [-0.1, -0.05) is 70.4 Å². The van der Waals surface area contributed by atoms with Gasteiger partial charge in [0.25, 0.3) is 0 Å². The topological polar surface area (TPSA) is 49.4 Å². The van der Waals surface area contributed by atoms with Crippen LogP contribution >= 0.6 is 11.8 Å². The molecule has 1 atom stereocenters. The Hall–Kier alpha value is -2.34. The van der Waals surface area contributed by atoms with Crippen molar-refractivity contribution in [2.75, 3.05) is 16.0 Å². The van der Waals surface area contributed by atoms with Crippen LogP contribution in [-0.4, -0.2) is 17.6 Å². The molecule has 0 saturated carbocycles. The van der Waals surface area contributed by atoms with Gasteiger partial charge < -0.3 is 5.32 Å². The van der Waals surface area contributed by atoms with Crippen LogP contribution in [0.5, 0.6) is 0 Å². The van der Waals surface area contributed by atoms with Crippen LogP contribution in [0, 0.1) is 5.82 Å². The molecule has 0 spiro atoms. The van der Waals surface area contributed by atoms with Crippen molar-refractivity contribution in [3.8, 4) is 0 Å². The molecule has 6 heteroatoms. The van der Waals surface area contributed by atoms with Gasteiger partial charge in [-0.2, -0.15) is 0 Å². The molecule has 1 aliphatic heterocycles. The molecule has 0 aromatic heterocycles. The fraction of sp³-hybridized carbons (Fsp3) is 0.481. The number of hydrogen-bond donors (Lipinski definition) is 1. The van der Waals surface area contributed by atoms with E-state index < -0.39 is 0 Å². The minimum atomic E-state index is -0.328. The van der Waals surface area contributed by atoms with Crippen LogP contribution in [-0.2, 0) is 9.59 Å². The number of benzene rings is 2. The summed E-state index contributed by atoms with van der Waals surface area (Å²) in [5, 5.41) is 2.81. The van der Waals surface area contributed by atoms with Crippen LogP contribution in [0.25, 0.3) is 0 Å². The van der Waals surface area contributed by atoms with Gasteiger partial charge in [-0.25, -0.2) is 4.39 Å². The second-order valence-corrected chi connectivity index (χ2v) is 9.72. The molecule has 33 heavy (non-hydrogen) atoms. The van der Waals surface area contributed by atoms with E-state index in [4.69, 9.17) is 0 Å². The van der Waals surface area contributed by atoms with Gasteiger partial charge in [0.15, 0.2) is 0 Å². The van der Waals surface area contributed by atoms with Crippen LogP contribution in [0.4, 0.5) is 15.8 Å². The number of amides is 2. The number of halogens is 1. The summed E-state index contributed by atoms with van der Waals surface area (Å²) >= 11 is 1.54. The molecule has 1 aliphatic rings. The average molecular weight is 471 g/mol. The fourth-order valence-corrected chi connectivity index (χ4v) is 5.31. The van der Waals surface area contributed by atoms with Crippen LogP contribution in [0.1, 0.15) is 82.1 Å². The summed E-state index contributed by atoms with van der Waals surface area (Å²) < 4.78 is 13.3. The van der Waals surface area contributed by atoms with Crippen LogP contribution < -0.4 is 10.2 Å². The van der Waals surface area contributed by atoms with E-state index in [1.54, 1.807) is 17.0 Å². The van der Waals surface area contributed by atoms with Gasteiger partial charge in [0.2, 0.25) is 11.8 Å². The molecule has 2 amide bonds. The lowest BCUT2D eigenvalue weighted by Crippen LogP contribution is -2.27. The quantitative estimate of drug-likeness (QED) is 0.309. The van der Waals surface area contributed by atoms with E-state index >= 15 is 0 Å². The number of unbranched alkanes of at least 4 members (excludes halogenated alkanes) is 8. The number of thioether (sulfide) groups is 1. The van der Waals surface area contributed by atoms with Gasteiger partial charge in [0.1, 0.15) is 11.2 Å². The Balaban J connectivity index is 1.47. The van der Waals surface area contributed by atoms with Crippen molar-refractivity contribution >= 4 is 35.0 Å². The number of rotatable bonds is 13. The summed E-state index contributed by atoms with van der Waals surface area (Å²) in [7, 11) is 0. The summed E-state index contributed by atoms with van der Waals surface area (Å²) in [6.07, 6.45) is 11.6. The lowest BCUT2D eigenvalue weighted by molar-refractivity contribution is -0.117. The zero-order valence-corrected chi connectivity index (χ0v) is 20.3. The minimum Gasteiger partial charge on any atom is -0.326 e. The van der Waals surface area contributed by atoms with Crippen molar-refractivity contribution in [3.63, 3.8) is 0 Å². The maximum absolute atomic E-state index is 13.3. The van der Waals surface area contributed by atoms with Crippen molar-refractivity contribution in [3.05, 3.63) is 59.9 Å². The highest BCUT2D eigenvalue weighted by Crippen LogP contribution is 2.42. The maximum Gasteiger partial charge on any atom is 0.238 e. The van der Waals surface area contributed by atoms with Crippen molar-refractivity contribution in [2.24, 2.45) is 0 Å². The van der Waals surface area contributed by atoms with Gasteiger partial charge in [-0.3, -0.25) is 14.5 Å². The van der Waals surface area contributed by atoms with Crippen molar-refractivity contribution < 1.29 is 14.0 Å². The molecule has 1 saturated heterocycles. The van der Waals surface area contributed by atoms with Crippen molar-refractivity contribution in [1.82, 2.24) is 0 Å². The lowest BCUT2D eigenvalue weighted by Gasteiger charge is -2.24. The second-order valence-electron chi connectivity index (χ2n) is 8.66. The zero-order valence-electron chi connectivity index (χ0n) is 19.5. The van der Waals surface area contributed by atoms with Crippen LogP contribution in [0.2, 0.25) is 0 Å². The molecule has 2 aromatic carbocycles. The molecule has 1 unspecified atom stereocenters. The monoisotopic (exact) mass is 470 g/mol. The molecule has 1 N–H and O–H groups in total. The molecular formula is C27H35FN2O2S. The first-order valence-corrected chi connectivity index (χ1v) is 13.2. The smallest absolute Gasteiger partial charge is 0.238 e. The number of nitrogens with zero attached hydrogens (tertiary/aromatic N) is 1. The minimum absolute atomic E-state index is 0.00332. The Labute approximate surface area is 201 Å². The first kappa shape index (κ1) is 25.3. The van der Waals surface area contributed by atoms with E-state index in [9.17, 15) is 14.0 Å². The molecule has 2 aromatic rings. The Morgan fingerprint density at radius 2 is 1.67 bits per heavy atom. The summed E-state index contributed by atoms with van der Waals surface area (Å²) in [5.41, 5.74) is 2.36. The normalized spacial score (nSPS) is 15.8. The third-order valence-corrected chi connectivity index (χ3v) is 7.15. The van der Waals surface area contributed by atoms with E-state index in [0.29, 0.717) is 17.9 Å². The van der Waals surface area contributed by atoms with Gasteiger partial charge in [-0.15, -0.1) is 11.8 Å². The van der Waals surface area contributed by atoms with Crippen molar-refractivity contribution in [1.29, 1.82) is 0 Å². The summed E-state index contributed by atoms with van der Waals surface area (Å²) in [6.45, 7) is 2.23. The van der Waals surface area contributed by atoms with Crippen LogP contribution in [0.15, 0.2) is 48.5 Å². The van der Waals surface area contributed by atoms with E-state index in [1.807, 2.05) is 24.3 Å². The van der Waals surface area contributed by atoms with Gasteiger partial charge >= 0.3 is 0 Å². The molecule has 3 rings (SSSR count). The second kappa shape index (κ2) is 13.4. The third kappa shape index (κ3) is 7.88. The molecule has 1 fully saturated rings. The highest BCUT2D eigenvalue weighted by Gasteiger charge is 2.34. The number of carbonyl (C=O) groups excluding carboxylic acids is 2. The molecule has 4 nitrogen and oxygen atoms in total. The largest absolute Gasteiger partial charge is 0.326 e. The lowest BCUT2D eigenvalue weighted by atomic mass is 10.1. The van der Waals surface area contributed by atoms with Crippen molar-refractivity contribution in [2.45, 2.75) is 76.5 Å². The molecule has 0 bridgehead atoms. The standard InChI is InChI=1S/C27H35FN2O2S/c1-2-3-4-5-6-7-8-9-10-14-25(31)29-23-13-11-12-21(19-23)27-30(26(32)20-33-27)24-17-15-22(28)16-18-24/h11-13,15-19,27H,2-10,14,20H2,1H3,(H,29,31). The van der Waals surface area contributed by atoms with E-state index in [-0.39, 0.29) is 23.0 Å². The summed E-state index contributed by atoms with van der Waals surface area (Å²) in [6, 6.07) is 13.7. The third-order valence-electron chi connectivity index (χ3n) is 5.94. The van der Waals surface area contributed by atoms with E-state index in [1.165, 1.54) is 68.8 Å². The molecular weight excluding hydrogens is 435 g/mol. The van der Waals surface area contributed by atoms with E-state index in [0.717, 1.165) is 24.1 Å². The predicted octanol–water partition coefficient (Wildman–Crippen LogP) is 7.46. The SMILES string of the molecule is CCCCCCCCCCCC(=O)Nc1cccc(C2SCC(=O)N2c2ccc(F)cc2)c1. The molecule has 178 valence electrons. The highest BCUT2D eigenvalue weighted by molar-refractivity contribution is 8.00.